The number of halogens is 3. The normalized spacial score (nSPS) is 11.0. The molecule has 1 amide bonds. The van der Waals surface area contributed by atoms with E-state index in [4.69, 9.17) is 34.8 Å². The van der Waals surface area contributed by atoms with Crippen LogP contribution in [0.1, 0.15) is 17.0 Å². The zero-order chi connectivity index (χ0) is 17.1. The van der Waals surface area contributed by atoms with Gasteiger partial charge in [-0.25, -0.2) is 0 Å². The molecule has 1 aromatic carbocycles. The van der Waals surface area contributed by atoms with Gasteiger partial charge < -0.3 is 0 Å². The second-order valence-corrected chi connectivity index (χ2v) is 6.15. The van der Waals surface area contributed by atoms with E-state index in [9.17, 15) is 4.79 Å². The highest BCUT2D eigenvalue weighted by atomic mass is 35.5. The first-order valence-corrected chi connectivity index (χ1v) is 7.81. The van der Waals surface area contributed by atoms with Crippen LogP contribution in [0, 0.1) is 13.8 Å². The molecule has 0 aliphatic heterocycles. The van der Waals surface area contributed by atoms with Crippen molar-refractivity contribution >= 4 is 52.5 Å². The second kappa shape index (κ2) is 7.25. The van der Waals surface area contributed by atoms with Crippen molar-refractivity contribution in [3.63, 3.8) is 0 Å². The molecule has 0 atom stereocenters. The summed E-state index contributed by atoms with van der Waals surface area (Å²) in [6.45, 7) is 3.82. The Morgan fingerprint density at radius 1 is 1.22 bits per heavy atom. The molecule has 8 heteroatoms. The quantitative estimate of drug-likeness (QED) is 0.625. The molecule has 5 nitrogen and oxygen atoms in total. The fourth-order valence-corrected chi connectivity index (χ4v) is 2.93. The maximum absolute atomic E-state index is 11.9. The first-order valence-electron chi connectivity index (χ1n) is 6.68. The predicted octanol–water partition coefficient (Wildman–Crippen LogP) is 4.15. The number of amides is 1. The van der Waals surface area contributed by atoms with Gasteiger partial charge in [0.25, 0.3) is 5.91 Å². The molecule has 2 N–H and O–H groups in total. The molecule has 0 aliphatic carbocycles. The summed E-state index contributed by atoms with van der Waals surface area (Å²) < 4.78 is 1.76. The highest BCUT2D eigenvalue weighted by Gasteiger charge is 2.09. The topological polar surface area (TPSA) is 59.0 Å². The Labute approximate surface area is 149 Å². The average molecular weight is 374 g/mol. The van der Waals surface area contributed by atoms with Crippen LogP contribution in [-0.2, 0) is 11.8 Å². The lowest BCUT2D eigenvalue weighted by molar-refractivity contribution is -0.115. The van der Waals surface area contributed by atoms with Crippen LogP contribution in [0.3, 0.4) is 0 Å². The number of carbonyl (C=O) groups excluding carboxylic acids is 1. The van der Waals surface area contributed by atoms with Gasteiger partial charge >= 0.3 is 0 Å². The molecule has 0 saturated carbocycles. The Balaban J connectivity index is 2.05. The van der Waals surface area contributed by atoms with Crippen LogP contribution in [0.2, 0.25) is 15.1 Å². The van der Waals surface area contributed by atoms with Gasteiger partial charge in [-0.3, -0.25) is 20.3 Å². The van der Waals surface area contributed by atoms with Gasteiger partial charge in [0.1, 0.15) is 0 Å². The minimum atomic E-state index is -0.352. The summed E-state index contributed by atoms with van der Waals surface area (Å²) in [5.41, 5.74) is 8.30. The van der Waals surface area contributed by atoms with Crippen LogP contribution in [-0.4, -0.2) is 15.7 Å². The molecule has 0 unspecified atom stereocenters. The SMILES string of the molecule is Cc1nn(C)c(C)c1/C=C/C(=O)NNc1c(Cl)cc(Cl)cc1Cl. The molecule has 1 heterocycles. The van der Waals surface area contributed by atoms with Crippen LogP contribution in [0.5, 0.6) is 0 Å². The first-order chi connectivity index (χ1) is 10.8. The Bertz CT molecular complexity index is 760. The number of aromatic nitrogens is 2. The fraction of sp³-hybridized carbons (Fsp3) is 0.200. The van der Waals surface area contributed by atoms with Crippen LogP contribution < -0.4 is 10.9 Å². The Hall–Kier alpha value is -1.69. The van der Waals surface area contributed by atoms with Gasteiger partial charge in [0, 0.05) is 29.4 Å². The summed E-state index contributed by atoms with van der Waals surface area (Å²) in [6, 6.07) is 3.06. The van der Waals surface area contributed by atoms with E-state index < -0.39 is 0 Å². The summed E-state index contributed by atoms with van der Waals surface area (Å²) in [7, 11) is 1.85. The van der Waals surface area contributed by atoms with Crippen molar-refractivity contribution in [3.05, 3.63) is 50.2 Å². The number of hydrogen-bond acceptors (Lipinski definition) is 3. The first kappa shape index (κ1) is 17.7. The van der Waals surface area contributed by atoms with E-state index in [0.717, 1.165) is 17.0 Å². The van der Waals surface area contributed by atoms with Crippen molar-refractivity contribution in [3.8, 4) is 0 Å². The number of aryl methyl sites for hydroxylation is 2. The van der Waals surface area contributed by atoms with Gasteiger partial charge in [0.15, 0.2) is 0 Å². The molecule has 1 aromatic heterocycles. The summed E-state index contributed by atoms with van der Waals surface area (Å²) >= 11 is 17.9. The van der Waals surface area contributed by atoms with Gasteiger partial charge in [-0.2, -0.15) is 5.10 Å². The van der Waals surface area contributed by atoms with Crippen molar-refractivity contribution in [1.82, 2.24) is 15.2 Å². The number of benzene rings is 1. The second-order valence-electron chi connectivity index (χ2n) is 4.90. The van der Waals surface area contributed by atoms with Crippen molar-refractivity contribution in [1.29, 1.82) is 0 Å². The third-order valence-electron chi connectivity index (χ3n) is 3.28. The van der Waals surface area contributed by atoms with Gasteiger partial charge in [0.05, 0.1) is 21.4 Å². The minimum Gasteiger partial charge on any atom is -0.295 e. The third kappa shape index (κ3) is 4.19. The zero-order valence-electron chi connectivity index (χ0n) is 12.7. The lowest BCUT2D eigenvalue weighted by Crippen LogP contribution is -2.27. The van der Waals surface area contributed by atoms with Crippen LogP contribution >= 0.6 is 34.8 Å². The lowest BCUT2D eigenvalue weighted by Gasteiger charge is -2.10. The van der Waals surface area contributed by atoms with Gasteiger partial charge in [-0.15, -0.1) is 0 Å². The molecule has 0 spiro atoms. The van der Waals surface area contributed by atoms with Crippen molar-refractivity contribution in [2.75, 3.05) is 5.43 Å². The molecule has 122 valence electrons. The van der Waals surface area contributed by atoms with Gasteiger partial charge in [-0.05, 0) is 32.1 Å². The number of nitrogens with zero attached hydrogens (tertiary/aromatic N) is 2. The number of anilines is 1. The van der Waals surface area contributed by atoms with E-state index >= 15 is 0 Å². The number of hydrazine groups is 1. The molecule has 0 saturated heterocycles. The van der Waals surface area contributed by atoms with Gasteiger partial charge in [-0.1, -0.05) is 34.8 Å². The van der Waals surface area contributed by atoms with E-state index in [1.165, 1.54) is 18.2 Å². The Morgan fingerprint density at radius 2 is 1.83 bits per heavy atom. The van der Waals surface area contributed by atoms with Crippen LogP contribution in [0.15, 0.2) is 18.2 Å². The molecule has 23 heavy (non-hydrogen) atoms. The summed E-state index contributed by atoms with van der Waals surface area (Å²) in [5.74, 6) is -0.352. The Morgan fingerprint density at radius 3 is 2.35 bits per heavy atom. The zero-order valence-corrected chi connectivity index (χ0v) is 15.0. The standard InChI is InChI=1S/C15H15Cl3N4O/c1-8-11(9(2)22(3)21-8)4-5-14(23)19-20-15-12(17)6-10(16)7-13(15)18/h4-7,20H,1-3H3,(H,19,23)/b5-4+. The summed E-state index contributed by atoms with van der Waals surface area (Å²) in [4.78, 5) is 11.9. The van der Waals surface area contributed by atoms with E-state index in [1.54, 1.807) is 10.8 Å². The third-order valence-corrected chi connectivity index (χ3v) is 4.10. The molecular weight excluding hydrogens is 359 g/mol. The minimum absolute atomic E-state index is 0.311. The molecule has 0 aliphatic rings. The highest BCUT2D eigenvalue weighted by Crippen LogP contribution is 2.33. The smallest absolute Gasteiger partial charge is 0.262 e. The molecule has 2 aromatic rings. The number of hydrogen-bond donors (Lipinski definition) is 2. The fourth-order valence-electron chi connectivity index (χ4n) is 2.02. The van der Waals surface area contributed by atoms with E-state index in [1.807, 2.05) is 20.9 Å². The highest BCUT2D eigenvalue weighted by molar-refractivity contribution is 6.41. The van der Waals surface area contributed by atoms with Crippen LogP contribution in [0.4, 0.5) is 5.69 Å². The van der Waals surface area contributed by atoms with Crippen LogP contribution in [0.25, 0.3) is 6.08 Å². The number of carbonyl (C=O) groups is 1. The molecule has 0 fully saturated rings. The van der Waals surface area contributed by atoms with E-state index in [-0.39, 0.29) is 5.91 Å². The monoisotopic (exact) mass is 372 g/mol. The van der Waals surface area contributed by atoms with Crippen molar-refractivity contribution < 1.29 is 4.79 Å². The van der Waals surface area contributed by atoms with E-state index in [0.29, 0.717) is 20.8 Å². The predicted molar refractivity (Wildman–Crippen MR) is 95.0 cm³/mol. The number of nitrogens with one attached hydrogen (secondary N) is 2. The summed E-state index contributed by atoms with van der Waals surface area (Å²) in [6.07, 6.45) is 3.11. The average Bonchev–Trinajstić information content (AvgIpc) is 2.69. The number of rotatable bonds is 4. The maximum Gasteiger partial charge on any atom is 0.262 e. The van der Waals surface area contributed by atoms with Crippen molar-refractivity contribution in [2.24, 2.45) is 7.05 Å². The Kier molecular flexibility index (Phi) is 5.57. The molecule has 0 bridgehead atoms. The molecule has 2 rings (SSSR count). The maximum atomic E-state index is 11.9. The lowest BCUT2D eigenvalue weighted by atomic mass is 10.2. The largest absolute Gasteiger partial charge is 0.295 e. The molecular formula is C15H15Cl3N4O. The van der Waals surface area contributed by atoms with Crippen molar-refractivity contribution in [2.45, 2.75) is 13.8 Å². The van der Waals surface area contributed by atoms with E-state index in [2.05, 4.69) is 16.0 Å². The van der Waals surface area contributed by atoms with Gasteiger partial charge in [0.2, 0.25) is 0 Å². The molecule has 0 radical (unpaired) electrons. The summed E-state index contributed by atoms with van der Waals surface area (Å²) in [5, 5.41) is 5.32.